The molecule has 2 amide bonds. The fourth-order valence-corrected chi connectivity index (χ4v) is 4.74. The SMILES string of the molecule is CC1(C)OCC(C)(C(=O)NCC(=O)c2ccc(OCc3ccc(-c4ccccc4)cc3)c(C(F)(F)F)c2)N1C(=O)O. The number of benzene rings is 3. The third-order valence-corrected chi connectivity index (χ3v) is 6.89. The molecular formula is C30H29F3N2O6. The normalized spacial score (nSPS) is 18.1. The smallest absolute Gasteiger partial charge is 0.419 e. The molecule has 0 bridgehead atoms. The van der Waals surface area contributed by atoms with Gasteiger partial charge in [0.2, 0.25) is 5.91 Å². The van der Waals surface area contributed by atoms with Gasteiger partial charge >= 0.3 is 12.3 Å². The summed E-state index contributed by atoms with van der Waals surface area (Å²) in [5.41, 5.74) is -1.74. The summed E-state index contributed by atoms with van der Waals surface area (Å²) < 4.78 is 52.6. The van der Waals surface area contributed by atoms with Gasteiger partial charge in [-0.25, -0.2) is 4.79 Å². The van der Waals surface area contributed by atoms with Gasteiger partial charge in [-0.05, 0) is 55.7 Å². The summed E-state index contributed by atoms with van der Waals surface area (Å²) in [7, 11) is 0. The Bertz CT molecular complexity index is 1440. The van der Waals surface area contributed by atoms with Gasteiger partial charge in [0.15, 0.2) is 5.78 Å². The monoisotopic (exact) mass is 570 g/mol. The summed E-state index contributed by atoms with van der Waals surface area (Å²) in [6.07, 6.45) is -6.21. The number of carboxylic acid groups (broad SMARTS) is 1. The Labute approximate surface area is 234 Å². The fourth-order valence-electron chi connectivity index (χ4n) is 4.74. The molecule has 1 fully saturated rings. The zero-order valence-electron chi connectivity index (χ0n) is 22.6. The van der Waals surface area contributed by atoms with Crippen molar-refractivity contribution < 1.29 is 42.1 Å². The minimum Gasteiger partial charge on any atom is -0.488 e. The first-order chi connectivity index (χ1) is 19.2. The summed E-state index contributed by atoms with van der Waals surface area (Å²) >= 11 is 0. The van der Waals surface area contributed by atoms with Gasteiger partial charge in [-0.1, -0.05) is 54.6 Å². The van der Waals surface area contributed by atoms with Gasteiger partial charge < -0.3 is 19.9 Å². The predicted molar refractivity (Wildman–Crippen MR) is 143 cm³/mol. The molecule has 11 heteroatoms. The molecule has 1 aliphatic heterocycles. The van der Waals surface area contributed by atoms with Gasteiger partial charge in [-0.15, -0.1) is 0 Å². The second kappa shape index (κ2) is 11.2. The van der Waals surface area contributed by atoms with Crippen LogP contribution < -0.4 is 10.1 Å². The molecule has 1 saturated heterocycles. The van der Waals surface area contributed by atoms with Crippen LogP contribution in [-0.4, -0.2) is 52.2 Å². The molecule has 0 saturated carbocycles. The van der Waals surface area contributed by atoms with Crippen molar-refractivity contribution in [2.24, 2.45) is 0 Å². The zero-order valence-corrected chi connectivity index (χ0v) is 22.6. The van der Waals surface area contributed by atoms with E-state index < -0.39 is 53.1 Å². The molecule has 8 nitrogen and oxygen atoms in total. The minimum absolute atomic E-state index is 0.126. The van der Waals surface area contributed by atoms with Crippen molar-refractivity contribution in [2.45, 2.75) is 44.8 Å². The maximum absolute atomic E-state index is 13.9. The van der Waals surface area contributed by atoms with E-state index in [2.05, 4.69) is 5.32 Å². The number of ether oxygens (including phenoxy) is 2. The first kappa shape index (κ1) is 29.6. The Kier molecular flexibility index (Phi) is 8.12. The van der Waals surface area contributed by atoms with E-state index in [9.17, 15) is 32.7 Å². The van der Waals surface area contributed by atoms with Crippen LogP contribution in [0.15, 0.2) is 72.8 Å². The summed E-state index contributed by atoms with van der Waals surface area (Å²) in [4.78, 5) is 38.2. The molecule has 216 valence electrons. The first-order valence-corrected chi connectivity index (χ1v) is 12.7. The minimum atomic E-state index is -4.81. The predicted octanol–water partition coefficient (Wildman–Crippen LogP) is 5.76. The molecule has 3 aromatic rings. The number of nitrogens with one attached hydrogen (secondary N) is 1. The fraction of sp³-hybridized carbons (Fsp3) is 0.300. The molecular weight excluding hydrogens is 541 g/mol. The van der Waals surface area contributed by atoms with Crippen LogP contribution in [0.5, 0.6) is 5.75 Å². The third kappa shape index (κ3) is 6.35. The van der Waals surface area contributed by atoms with Gasteiger partial charge in [-0.2, -0.15) is 13.2 Å². The number of amides is 2. The molecule has 41 heavy (non-hydrogen) atoms. The van der Waals surface area contributed by atoms with E-state index in [0.29, 0.717) is 11.6 Å². The van der Waals surface area contributed by atoms with E-state index in [1.54, 1.807) is 12.1 Å². The standard InChI is InChI=1S/C30H29F3N2O6/c1-28(2)35(27(38)39)29(3,18-41-28)26(37)34-16-24(36)22-13-14-25(23(15-22)30(31,32)33)40-17-19-9-11-21(12-10-19)20-7-5-4-6-8-20/h4-15H,16-18H2,1-3H3,(H,34,37)(H,38,39). The van der Waals surface area contributed by atoms with Crippen molar-refractivity contribution in [2.75, 3.05) is 13.2 Å². The number of carbonyl (C=O) groups excluding carboxylic acids is 2. The number of ketones is 1. The lowest BCUT2D eigenvalue weighted by Crippen LogP contribution is -2.61. The van der Waals surface area contributed by atoms with Crippen LogP contribution in [0.3, 0.4) is 0 Å². The molecule has 2 N–H and O–H groups in total. The Morgan fingerprint density at radius 2 is 1.61 bits per heavy atom. The lowest BCUT2D eigenvalue weighted by atomic mass is 9.99. The van der Waals surface area contributed by atoms with E-state index in [-0.39, 0.29) is 18.8 Å². The zero-order chi connectivity index (χ0) is 30.0. The maximum atomic E-state index is 13.9. The molecule has 0 radical (unpaired) electrons. The molecule has 4 rings (SSSR count). The van der Waals surface area contributed by atoms with E-state index in [4.69, 9.17) is 9.47 Å². The number of Topliss-reactive ketones (excluding diaryl/α,β-unsaturated/α-hetero) is 1. The topological polar surface area (TPSA) is 105 Å². The van der Waals surface area contributed by atoms with Crippen LogP contribution >= 0.6 is 0 Å². The first-order valence-electron chi connectivity index (χ1n) is 12.7. The number of carbonyl (C=O) groups is 3. The van der Waals surface area contributed by atoms with Crippen LogP contribution in [0.25, 0.3) is 11.1 Å². The highest BCUT2D eigenvalue weighted by Gasteiger charge is 2.56. The molecule has 0 spiro atoms. The lowest BCUT2D eigenvalue weighted by molar-refractivity contribution is -0.139. The van der Waals surface area contributed by atoms with Gasteiger partial charge in [0.05, 0.1) is 18.7 Å². The van der Waals surface area contributed by atoms with Gasteiger partial charge in [0.1, 0.15) is 23.6 Å². The van der Waals surface area contributed by atoms with Crippen molar-refractivity contribution in [3.05, 3.63) is 89.5 Å². The molecule has 3 aromatic carbocycles. The van der Waals surface area contributed by atoms with Gasteiger partial charge in [0, 0.05) is 5.56 Å². The summed E-state index contributed by atoms with van der Waals surface area (Å²) in [5, 5.41) is 11.9. The van der Waals surface area contributed by atoms with Crippen LogP contribution in [0, 0.1) is 0 Å². The number of rotatable bonds is 8. The Morgan fingerprint density at radius 3 is 2.22 bits per heavy atom. The van der Waals surface area contributed by atoms with Crippen LogP contribution in [-0.2, 0) is 22.3 Å². The highest BCUT2D eigenvalue weighted by atomic mass is 19.4. The van der Waals surface area contributed by atoms with Crippen molar-refractivity contribution in [1.29, 1.82) is 0 Å². The maximum Gasteiger partial charge on any atom is 0.419 e. The number of nitrogens with zero attached hydrogens (tertiary/aromatic N) is 1. The van der Waals surface area contributed by atoms with E-state index in [1.165, 1.54) is 26.8 Å². The average Bonchev–Trinajstić information content (AvgIpc) is 3.20. The van der Waals surface area contributed by atoms with Crippen LogP contribution in [0.4, 0.5) is 18.0 Å². The Hall–Kier alpha value is -4.38. The molecule has 0 aliphatic carbocycles. The van der Waals surface area contributed by atoms with E-state index in [1.807, 2.05) is 42.5 Å². The summed E-state index contributed by atoms with van der Waals surface area (Å²) in [6.45, 7) is 3.27. The largest absolute Gasteiger partial charge is 0.488 e. The van der Waals surface area contributed by atoms with E-state index in [0.717, 1.165) is 22.1 Å². The number of hydrogen-bond acceptors (Lipinski definition) is 5. The van der Waals surface area contributed by atoms with Gasteiger partial charge in [-0.3, -0.25) is 14.5 Å². The second-order valence-corrected chi connectivity index (χ2v) is 10.3. The second-order valence-electron chi connectivity index (χ2n) is 10.3. The molecule has 1 atom stereocenters. The summed E-state index contributed by atoms with van der Waals surface area (Å²) in [5.74, 6) is -2.05. The van der Waals surface area contributed by atoms with Crippen molar-refractivity contribution in [3.8, 4) is 16.9 Å². The number of alkyl halides is 3. The number of halogens is 3. The summed E-state index contributed by atoms with van der Waals surface area (Å²) in [6, 6.07) is 19.8. The lowest BCUT2D eigenvalue weighted by Gasteiger charge is -2.36. The Morgan fingerprint density at radius 1 is 0.976 bits per heavy atom. The van der Waals surface area contributed by atoms with Crippen molar-refractivity contribution in [1.82, 2.24) is 10.2 Å². The highest BCUT2D eigenvalue weighted by molar-refractivity contribution is 6.01. The molecule has 1 aliphatic rings. The van der Waals surface area contributed by atoms with Crippen molar-refractivity contribution in [3.63, 3.8) is 0 Å². The molecule has 1 unspecified atom stereocenters. The van der Waals surface area contributed by atoms with Gasteiger partial charge in [0.25, 0.3) is 0 Å². The molecule has 0 aromatic heterocycles. The average molecular weight is 571 g/mol. The molecule has 1 heterocycles. The highest BCUT2D eigenvalue weighted by Crippen LogP contribution is 2.38. The number of hydrogen-bond donors (Lipinski definition) is 2. The van der Waals surface area contributed by atoms with E-state index >= 15 is 0 Å². The quantitative estimate of drug-likeness (QED) is 0.334. The Balaban J connectivity index is 1.44. The van der Waals surface area contributed by atoms with Crippen LogP contribution in [0.2, 0.25) is 0 Å². The third-order valence-electron chi connectivity index (χ3n) is 6.89. The van der Waals surface area contributed by atoms with Crippen LogP contribution in [0.1, 0.15) is 42.3 Å². The van der Waals surface area contributed by atoms with Crippen molar-refractivity contribution >= 4 is 17.8 Å².